The fraction of sp³-hybridized carbons (Fsp3) is 0.231. The number of hydrogen-bond acceptors (Lipinski definition) is 2. The van der Waals surface area contributed by atoms with E-state index in [2.05, 4.69) is 16.7 Å². The van der Waals surface area contributed by atoms with Crippen molar-refractivity contribution in [1.29, 1.82) is 0 Å². The van der Waals surface area contributed by atoms with E-state index in [1.54, 1.807) is 0 Å². The van der Waals surface area contributed by atoms with E-state index in [4.69, 9.17) is 5.73 Å². The topological polar surface area (TPSA) is 50.7 Å². The number of benzene rings is 1. The maximum Gasteiger partial charge on any atom is 0.156 e. The number of rotatable bonds is 3. The Morgan fingerprint density at radius 3 is 2.38 bits per heavy atom. The summed E-state index contributed by atoms with van der Waals surface area (Å²) in [7, 11) is 0. The molecule has 0 radical (unpaired) electrons. The van der Waals surface area contributed by atoms with Crippen LogP contribution < -0.4 is 5.73 Å². The molecule has 0 bridgehead atoms. The minimum absolute atomic E-state index is 0.605. The van der Waals surface area contributed by atoms with Crippen LogP contribution in [-0.4, -0.2) is 12.6 Å². The molecule has 1 rings (SSSR count). The van der Waals surface area contributed by atoms with Crippen molar-refractivity contribution in [3.63, 3.8) is 0 Å². The largest absolute Gasteiger partial charge is 0.402 e. The maximum atomic E-state index is 5.79. The third kappa shape index (κ3) is 3.05. The first-order chi connectivity index (χ1) is 7.69. The highest BCUT2D eigenvalue weighted by atomic mass is 14.9. The summed E-state index contributed by atoms with van der Waals surface area (Å²) in [5.74, 6) is 0.605. The van der Waals surface area contributed by atoms with Crippen LogP contribution in [0.4, 0.5) is 5.69 Å². The summed E-state index contributed by atoms with van der Waals surface area (Å²) >= 11 is 0. The Balaban J connectivity index is 3.13. The van der Waals surface area contributed by atoms with Crippen molar-refractivity contribution in [1.82, 2.24) is 0 Å². The molecule has 0 spiro atoms. The quantitative estimate of drug-likeness (QED) is 0.611. The predicted molar refractivity (Wildman–Crippen MR) is 70.3 cm³/mol. The van der Waals surface area contributed by atoms with E-state index in [9.17, 15) is 0 Å². The lowest BCUT2D eigenvalue weighted by atomic mass is 10.1. The molecule has 16 heavy (non-hydrogen) atoms. The van der Waals surface area contributed by atoms with Crippen molar-refractivity contribution >= 4 is 18.2 Å². The number of nitrogens with two attached hydrogens (primary N) is 1. The van der Waals surface area contributed by atoms with Crippen molar-refractivity contribution in [2.45, 2.75) is 20.3 Å². The molecular weight excluding hydrogens is 198 g/mol. The molecule has 2 N–H and O–H groups in total. The van der Waals surface area contributed by atoms with Crippen LogP contribution in [0.25, 0.3) is 0 Å². The second-order valence-electron chi connectivity index (χ2n) is 3.44. The number of amidine groups is 1. The zero-order valence-electron chi connectivity index (χ0n) is 9.77. The summed E-state index contributed by atoms with van der Waals surface area (Å²) < 4.78 is 0. The van der Waals surface area contributed by atoms with Gasteiger partial charge in [0.2, 0.25) is 0 Å². The molecule has 0 fully saturated rings. The molecule has 0 amide bonds. The van der Waals surface area contributed by atoms with Crippen LogP contribution in [0.3, 0.4) is 0 Å². The van der Waals surface area contributed by atoms with Crippen LogP contribution >= 0.6 is 0 Å². The van der Waals surface area contributed by atoms with Gasteiger partial charge in [-0.3, -0.25) is 0 Å². The van der Waals surface area contributed by atoms with Crippen LogP contribution in [0.2, 0.25) is 0 Å². The molecule has 0 saturated heterocycles. The van der Waals surface area contributed by atoms with E-state index in [1.807, 2.05) is 44.2 Å². The van der Waals surface area contributed by atoms with Crippen molar-refractivity contribution in [2.24, 2.45) is 15.7 Å². The van der Waals surface area contributed by atoms with Gasteiger partial charge in [-0.05, 0) is 32.2 Å². The summed E-state index contributed by atoms with van der Waals surface area (Å²) in [5.41, 5.74) is 8.33. The molecule has 1 aromatic carbocycles. The highest BCUT2D eigenvalue weighted by Crippen LogP contribution is 2.15. The zero-order valence-corrected chi connectivity index (χ0v) is 9.77. The summed E-state index contributed by atoms with van der Waals surface area (Å²) in [5, 5.41) is 0. The third-order valence-electron chi connectivity index (χ3n) is 2.24. The van der Waals surface area contributed by atoms with Crippen molar-refractivity contribution in [3.05, 3.63) is 41.6 Å². The molecule has 0 unspecified atom stereocenters. The lowest BCUT2D eigenvalue weighted by Gasteiger charge is -2.06. The lowest BCUT2D eigenvalue weighted by molar-refractivity contribution is 1.10. The van der Waals surface area contributed by atoms with E-state index < -0.39 is 0 Å². The smallest absolute Gasteiger partial charge is 0.156 e. The molecule has 3 heteroatoms. The third-order valence-corrected chi connectivity index (χ3v) is 2.24. The van der Waals surface area contributed by atoms with Crippen molar-refractivity contribution in [3.8, 4) is 0 Å². The molecule has 84 valence electrons. The lowest BCUT2D eigenvalue weighted by Crippen LogP contribution is -2.06. The van der Waals surface area contributed by atoms with Gasteiger partial charge in [0.05, 0.1) is 5.69 Å². The van der Waals surface area contributed by atoms with Gasteiger partial charge in [-0.15, -0.1) is 0 Å². The predicted octanol–water partition coefficient (Wildman–Crippen LogP) is 3.06. The molecule has 0 heterocycles. The Hall–Kier alpha value is -1.90. The molecule has 1 aromatic rings. The number of hydrogen-bond donors (Lipinski definition) is 1. The normalized spacial score (nSPS) is 13.2. The highest BCUT2D eigenvalue weighted by Gasteiger charge is 2.05. The van der Waals surface area contributed by atoms with Gasteiger partial charge in [0, 0.05) is 11.3 Å². The van der Waals surface area contributed by atoms with Crippen LogP contribution in [-0.2, 0) is 0 Å². The Morgan fingerprint density at radius 1 is 1.31 bits per heavy atom. The summed E-state index contributed by atoms with van der Waals surface area (Å²) in [6.45, 7) is 7.41. The Labute approximate surface area is 96.4 Å². The number of para-hydroxylation sites is 1. The second kappa shape index (κ2) is 5.85. The summed E-state index contributed by atoms with van der Waals surface area (Å²) in [6, 6.07) is 9.66. The zero-order chi connectivity index (χ0) is 12.0. The molecule has 0 aliphatic carbocycles. The van der Waals surface area contributed by atoms with Crippen LogP contribution in [0.5, 0.6) is 0 Å². The molecule has 0 aliphatic heterocycles. The molecule has 0 aromatic heterocycles. The van der Waals surface area contributed by atoms with Gasteiger partial charge in [-0.25, -0.2) is 9.98 Å². The van der Waals surface area contributed by atoms with Gasteiger partial charge in [0.15, 0.2) is 5.84 Å². The summed E-state index contributed by atoms with van der Waals surface area (Å²) in [6.07, 6.45) is 0.799. The standard InChI is InChI=1S/C13H17N3/c1-4-12(10(2)14)13(15-3)16-11-8-6-5-7-9-11/h5-9H,3-4,14H2,1-2H3. The highest BCUT2D eigenvalue weighted by molar-refractivity contribution is 6.02. The monoisotopic (exact) mass is 215 g/mol. The minimum Gasteiger partial charge on any atom is -0.402 e. The Bertz CT molecular complexity index is 412. The first-order valence-corrected chi connectivity index (χ1v) is 5.25. The molecule has 0 aliphatic rings. The van der Waals surface area contributed by atoms with Gasteiger partial charge in [-0.2, -0.15) is 0 Å². The van der Waals surface area contributed by atoms with Crippen LogP contribution in [0.1, 0.15) is 20.3 Å². The molecular formula is C13H17N3. The van der Waals surface area contributed by atoms with E-state index >= 15 is 0 Å². The minimum atomic E-state index is 0.605. The Morgan fingerprint density at radius 2 is 1.94 bits per heavy atom. The van der Waals surface area contributed by atoms with Crippen LogP contribution in [0, 0.1) is 0 Å². The van der Waals surface area contributed by atoms with E-state index in [1.165, 1.54) is 0 Å². The van der Waals surface area contributed by atoms with Gasteiger partial charge < -0.3 is 5.73 Å². The average Bonchev–Trinajstić information content (AvgIpc) is 2.29. The van der Waals surface area contributed by atoms with Gasteiger partial charge in [0.1, 0.15) is 0 Å². The van der Waals surface area contributed by atoms with E-state index in [-0.39, 0.29) is 0 Å². The van der Waals surface area contributed by atoms with Crippen molar-refractivity contribution in [2.75, 3.05) is 0 Å². The first kappa shape index (κ1) is 12.2. The average molecular weight is 215 g/mol. The number of nitrogens with zero attached hydrogens (tertiary/aromatic N) is 2. The fourth-order valence-corrected chi connectivity index (χ4v) is 1.44. The van der Waals surface area contributed by atoms with Gasteiger partial charge >= 0.3 is 0 Å². The van der Waals surface area contributed by atoms with E-state index in [0.717, 1.165) is 23.4 Å². The summed E-state index contributed by atoms with van der Waals surface area (Å²) in [4.78, 5) is 8.36. The van der Waals surface area contributed by atoms with E-state index in [0.29, 0.717) is 5.84 Å². The Kier molecular flexibility index (Phi) is 4.45. The number of allylic oxidation sites excluding steroid dienone is 1. The molecule has 3 nitrogen and oxygen atoms in total. The first-order valence-electron chi connectivity index (χ1n) is 5.25. The number of aliphatic imine (C=N–C) groups is 2. The van der Waals surface area contributed by atoms with Crippen molar-refractivity contribution < 1.29 is 0 Å². The van der Waals surface area contributed by atoms with Gasteiger partial charge in [-0.1, -0.05) is 25.1 Å². The molecule has 0 atom stereocenters. The molecule has 0 saturated carbocycles. The van der Waals surface area contributed by atoms with Gasteiger partial charge in [0.25, 0.3) is 0 Å². The maximum absolute atomic E-state index is 5.79. The SMILES string of the molecule is C=NC(=Nc1ccccc1)C(CC)=C(C)N. The second-order valence-corrected chi connectivity index (χ2v) is 3.44. The van der Waals surface area contributed by atoms with Crippen LogP contribution in [0.15, 0.2) is 51.6 Å². The fourth-order valence-electron chi connectivity index (χ4n) is 1.44.